The maximum Gasteiger partial charge on any atom is 0.404 e. The first-order chi connectivity index (χ1) is 16.4. The molecule has 0 bridgehead atoms. The van der Waals surface area contributed by atoms with Crippen LogP contribution in [0.15, 0.2) is 35.5 Å². The van der Waals surface area contributed by atoms with Gasteiger partial charge in [-0.3, -0.25) is 4.98 Å². The average molecular weight is 515 g/mol. The summed E-state index contributed by atoms with van der Waals surface area (Å²) in [5.74, 6) is -0.236. The van der Waals surface area contributed by atoms with Crippen molar-refractivity contribution in [1.82, 2.24) is 19.3 Å². The van der Waals surface area contributed by atoms with Gasteiger partial charge in [0.25, 0.3) is 0 Å². The van der Waals surface area contributed by atoms with E-state index in [1.165, 1.54) is 12.1 Å². The van der Waals surface area contributed by atoms with Gasteiger partial charge in [0.05, 0.1) is 23.1 Å². The van der Waals surface area contributed by atoms with E-state index in [-0.39, 0.29) is 28.4 Å². The topological polar surface area (TPSA) is 110 Å². The van der Waals surface area contributed by atoms with Crippen molar-refractivity contribution in [3.63, 3.8) is 0 Å². The zero-order valence-corrected chi connectivity index (χ0v) is 18.9. The van der Waals surface area contributed by atoms with E-state index in [9.17, 15) is 35.6 Å². The molecule has 8 nitrogen and oxygen atoms in total. The van der Waals surface area contributed by atoms with Crippen LogP contribution in [-0.4, -0.2) is 41.8 Å². The Bertz CT molecular complexity index is 1390. The molecule has 1 aliphatic carbocycles. The molecule has 0 amide bonds. The van der Waals surface area contributed by atoms with E-state index < -0.39 is 33.7 Å². The quantitative estimate of drug-likeness (QED) is 0.463. The Balaban J connectivity index is 1.80. The summed E-state index contributed by atoms with van der Waals surface area (Å²) in [7, 11) is -4.52. The first kappa shape index (κ1) is 24.8. The molecule has 0 radical (unpaired) electrons. The van der Waals surface area contributed by atoms with Gasteiger partial charge in [-0.2, -0.15) is 31.9 Å². The summed E-state index contributed by atoms with van der Waals surface area (Å²) in [6, 6.07) is 3.29. The summed E-state index contributed by atoms with van der Waals surface area (Å²) < 4.78 is 96.2. The molecular weight excluding hydrogens is 497 g/mol. The summed E-state index contributed by atoms with van der Waals surface area (Å²) >= 11 is 0. The number of pyridine rings is 2. The fourth-order valence-corrected chi connectivity index (χ4v) is 4.92. The zero-order chi connectivity index (χ0) is 25.5. The Labute approximate surface area is 196 Å². The van der Waals surface area contributed by atoms with Crippen molar-refractivity contribution in [2.24, 2.45) is 0 Å². The molecule has 14 heteroatoms. The summed E-state index contributed by atoms with van der Waals surface area (Å²) in [5, 5.41) is 10.1. The molecule has 1 aliphatic rings. The van der Waals surface area contributed by atoms with Gasteiger partial charge in [0.1, 0.15) is 28.4 Å². The largest absolute Gasteiger partial charge is 0.433 e. The molecule has 0 saturated heterocycles. The van der Waals surface area contributed by atoms with Gasteiger partial charge >= 0.3 is 12.8 Å². The number of aromatic nitrogens is 3. The van der Waals surface area contributed by atoms with Gasteiger partial charge in [-0.05, 0) is 44.4 Å². The highest BCUT2D eigenvalue weighted by Crippen LogP contribution is 2.42. The van der Waals surface area contributed by atoms with Crippen LogP contribution in [0.4, 0.5) is 22.0 Å². The van der Waals surface area contributed by atoms with Crippen molar-refractivity contribution in [2.75, 3.05) is 0 Å². The molecule has 3 heterocycles. The van der Waals surface area contributed by atoms with Gasteiger partial charge in [0.15, 0.2) is 0 Å². The first-order valence-electron chi connectivity index (χ1n) is 10.4. The second-order valence-electron chi connectivity index (χ2n) is 7.97. The maximum atomic E-state index is 12.8. The molecule has 0 spiro atoms. The fraction of sp³-hybridized carbons (Fsp3) is 0.381. The normalized spacial score (nSPS) is 15.7. The number of hydrogen-bond acceptors (Lipinski definition) is 6. The molecule has 1 fully saturated rings. The second-order valence-corrected chi connectivity index (χ2v) is 9.69. The molecule has 0 aromatic carbocycles. The second kappa shape index (κ2) is 9.04. The standard InChI is InChI=1S/C21H18F5N5O3S/c1-11(21(24,25)26)30-35(32,33)14-5-6-17(28-10-14)18-16(8-27)15-7-13(34-20(22)23)9-29-19(15)31(18)12-3-2-4-12/h5-7,9-12,20,30H,2-4H2,1H3/t11-/m0/s1. The predicted molar refractivity (Wildman–Crippen MR) is 113 cm³/mol. The van der Waals surface area contributed by atoms with E-state index in [1.807, 2.05) is 6.07 Å². The highest BCUT2D eigenvalue weighted by molar-refractivity contribution is 7.89. The molecule has 1 N–H and O–H groups in total. The lowest BCUT2D eigenvalue weighted by atomic mass is 9.92. The summed E-state index contributed by atoms with van der Waals surface area (Å²) in [5.41, 5.74) is 0.896. The van der Waals surface area contributed by atoms with Gasteiger partial charge in [-0.25, -0.2) is 13.4 Å². The monoisotopic (exact) mass is 515 g/mol. The number of alkyl halides is 5. The third-order valence-corrected chi connectivity index (χ3v) is 7.23. The van der Waals surface area contributed by atoms with Crippen LogP contribution in [0.2, 0.25) is 0 Å². The van der Waals surface area contributed by atoms with Crippen LogP contribution < -0.4 is 9.46 Å². The third-order valence-electron chi connectivity index (χ3n) is 5.71. The molecule has 3 aromatic heterocycles. The highest BCUT2D eigenvalue weighted by Gasteiger charge is 2.39. The summed E-state index contributed by atoms with van der Waals surface area (Å²) in [4.78, 5) is 7.83. The van der Waals surface area contributed by atoms with E-state index in [0.717, 1.165) is 37.7 Å². The Morgan fingerprint density at radius 3 is 2.46 bits per heavy atom. The van der Waals surface area contributed by atoms with Crippen molar-refractivity contribution in [2.45, 2.75) is 56.0 Å². The lowest BCUT2D eigenvalue weighted by molar-refractivity contribution is -0.147. The van der Waals surface area contributed by atoms with Crippen LogP contribution in [0.3, 0.4) is 0 Å². The van der Waals surface area contributed by atoms with E-state index in [4.69, 9.17) is 0 Å². The molecular formula is C21H18F5N5O3S. The SMILES string of the molecule is C[C@H](NS(=O)(=O)c1ccc(-c2c(C#N)c3cc(OC(F)F)cnc3n2C2CCC2)nc1)C(F)(F)F. The van der Waals surface area contributed by atoms with Crippen molar-refractivity contribution < 1.29 is 35.1 Å². The maximum absolute atomic E-state index is 12.8. The van der Waals surface area contributed by atoms with Crippen LogP contribution in [-0.2, 0) is 10.0 Å². The lowest BCUT2D eigenvalue weighted by Gasteiger charge is -2.29. The number of fused-ring (bicyclic) bond motifs is 1. The Morgan fingerprint density at radius 2 is 1.94 bits per heavy atom. The first-order valence-corrected chi connectivity index (χ1v) is 11.8. The minimum absolute atomic E-state index is 0.0523. The van der Waals surface area contributed by atoms with Gasteiger partial charge in [-0.15, -0.1) is 0 Å². The van der Waals surface area contributed by atoms with Crippen LogP contribution >= 0.6 is 0 Å². The van der Waals surface area contributed by atoms with Crippen LogP contribution in [0.5, 0.6) is 5.75 Å². The minimum Gasteiger partial charge on any atom is -0.433 e. The van der Waals surface area contributed by atoms with E-state index in [2.05, 4.69) is 14.7 Å². The summed E-state index contributed by atoms with van der Waals surface area (Å²) in [6.07, 6.45) is -0.305. The van der Waals surface area contributed by atoms with Crippen molar-refractivity contribution >= 4 is 21.1 Å². The minimum atomic E-state index is -4.77. The molecule has 1 atom stereocenters. The number of rotatable bonds is 7. The number of nitrogens with one attached hydrogen (secondary N) is 1. The molecule has 4 rings (SSSR count). The zero-order valence-electron chi connectivity index (χ0n) is 18.1. The van der Waals surface area contributed by atoms with Crippen molar-refractivity contribution in [3.8, 4) is 23.2 Å². The number of ether oxygens (including phenoxy) is 1. The van der Waals surface area contributed by atoms with Crippen molar-refractivity contribution in [3.05, 3.63) is 36.2 Å². The van der Waals surface area contributed by atoms with Crippen LogP contribution in [0, 0.1) is 11.3 Å². The summed E-state index contributed by atoms with van der Waals surface area (Å²) in [6.45, 7) is -2.41. The molecule has 1 saturated carbocycles. The Hall–Kier alpha value is -3.31. The Kier molecular flexibility index (Phi) is 6.41. The number of sulfonamides is 1. The van der Waals surface area contributed by atoms with E-state index in [0.29, 0.717) is 18.3 Å². The number of nitrogens with zero attached hydrogens (tertiary/aromatic N) is 4. The predicted octanol–water partition coefficient (Wildman–Crippen LogP) is 4.53. The van der Waals surface area contributed by atoms with Crippen LogP contribution in [0.25, 0.3) is 22.4 Å². The van der Waals surface area contributed by atoms with Gasteiger partial charge < -0.3 is 9.30 Å². The molecule has 0 unspecified atom stereocenters. The smallest absolute Gasteiger partial charge is 0.404 e. The molecule has 0 aliphatic heterocycles. The molecule has 3 aromatic rings. The van der Waals surface area contributed by atoms with Gasteiger partial charge in [-0.1, -0.05) is 0 Å². The highest BCUT2D eigenvalue weighted by atomic mass is 32.2. The molecule has 186 valence electrons. The number of nitriles is 1. The number of halogens is 5. The fourth-order valence-electron chi connectivity index (χ4n) is 3.75. The average Bonchev–Trinajstić information content (AvgIpc) is 3.04. The van der Waals surface area contributed by atoms with E-state index >= 15 is 0 Å². The van der Waals surface area contributed by atoms with Crippen molar-refractivity contribution in [1.29, 1.82) is 5.26 Å². The van der Waals surface area contributed by atoms with Gasteiger partial charge in [0, 0.05) is 17.6 Å². The van der Waals surface area contributed by atoms with E-state index in [1.54, 1.807) is 9.29 Å². The number of hydrogen-bond donors (Lipinski definition) is 1. The third kappa shape index (κ3) is 4.78. The van der Waals surface area contributed by atoms with Gasteiger partial charge in [0.2, 0.25) is 10.0 Å². The lowest BCUT2D eigenvalue weighted by Crippen LogP contribution is -2.42. The van der Waals surface area contributed by atoms with Crippen LogP contribution in [0.1, 0.15) is 37.8 Å². The molecule has 35 heavy (non-hydrogen) atoms. The Morgan fingerprint density at radius 1 is 1.23 bits per heavy atom.